The first-order chi connectivity index (χ1) is 21.8. The SMILES string of the molecule is C[N+](CCN)(CCN)CCNC(=O)CC[C@H](N)C(=O)N[C@@H](CCc1cccc(C(F)(F)F)c1)C(=O)Nc1cnc2ccccc2c1. The zero-order chi connectivity index (χ0) is 33.7. The number of halogens is 3. The first-order valence-electron chi connectivity index (χ1n) is 15.2. The molecule has 0 saturated heterocycles. The fourth-order valence-corrected chi connectivity index (χ4v) is 5.06. The summed E-state index contributed by atoms with van der Waals surface area (Å²) >= 11 is 0. The Balaban J connectivity index is 1.63. The molecule has 46 heavy (non-hydrogen) atoms. The average Bonchev–Trinajstić information content (AvgIpc) is 3.01. The third kappa shape index (κ3) is 11.4. The zero-order valence-electron chi connectivity index (χ0n) is 26.0. The van der Waals surface area contributed by atoms with E-state index in [4.69, 9.17) is 17.2 Å². The van der Waals surface area contributed by atoms with Crippen molar-refractivity contribution in [2.75, 3.05) is 51.6 Å². The van der Waals surface area contributed by atoms with Crippen LogP contribution in [0.4, 0.5) is 18.9 Å². The van der Waals surface area contributed by atoms with Crippen molar-refractivity contribution in [3.8, 4) is 0 Å². The predicted molar refractivity (Wildman–Crippen MR) is 171 cm³/mol. The van der Waals surface area contributed by atoms with E-state index < -0.39 is 35.6 Å². The van der Waals surface area contributed by atoms with Crippen molar-refractivity contribution >= 4 is 34.3 Å². The first-order valence-corrected chi connectivity index (χ1v) is 15.2. The monoisotopic (exact) mass is 645 g/mol. The summed E-state index contributed by atoms with van der Waals surface area (Å²) in [5.41, 5.74) is 18.2. The molecule has 3 amide bonds. The quantitative estimate of drug-likeness (QED) is 0.121. The molecule has 0 aliphatic rings. The van der Waals surface area contributed by atoms with E-state index in [0.29, 0.717) is 41.9 Å². The maximum Gasteiger partial charge on any atom is 0.416 e. The molecule has 250 valence electrons. The van der Waals surface area contributed by atoms with Crippen LogP contribution in [0.2, 0.25) is 0 Å². The summed E-state index contributed by atoms with van der Waals surface area (Å²) in [7, 11) is 2.02. The number of para-hydroxylation sites is 1. The molecule has 2 aromatic carbocycles. The number of nitrogens with zero attached hydrogens (tertiary/aromatic N) is 2. The average molecular weight is 646 g/mol. The number of hydrogen-bond donors (Lipinski definition) is 6. The number of quaternary nitrogens is 1. The molecule has 0 aliphatic heterocycles. The van der Waals surface area contributed by atoms with Gasteiger partial charge in [0.25, 0.3) is 0 Å². The van der Waals surface area contributed by atoms with E-state index in [9.17, 15) is 27.6 Å². The van der Waals surface area contributed by atoms with Crippen molar-refractivity contribution in [3.05, 3.63) is 71.9 Å². The van der Waals surface area contributed by atoms with Gasteiger partial charge in [0.2, 0.25) is 17.7 Å². The van der Waals surface area contributed by atoms with Crippen LogP contribution in [0.3, 0.4) is 0 Å². The van der Waals surface area contributed by atoms with Crippen LogP contribution >= 0.6 is 0 Å². The molecule has 0 bridgehead atoms. The number of carbonyl (C=O) groups is 3. The molecule has 3 rings (SSSR count). The maximum absolute atomic E-state index is 13.4. The van der Waals surface area contributed by atoms with Gasteiger partial charge in [0.1, 0.15) is 6.04 Å². The van der Waals surface area contributed by atoms with Crippen LogP contribution in [-0.4, -0.2) is 85.6 Å². The molecule has 1 aromatic heterocycles. The summed E-state index contributed by atoms with van der Waals surface area (Å²) in [6.45, 7) is 3.47. The number of hydrogen-bond acceptors (Lipinski definition) is 7. The number of aryl methyl sites for hydroxylation is 1. The molecular weight excluding hydrogens is 601 g/mol. The van der Waals surface area contributed by atoms with E-state index in [1.807, 2.05) is 31.3 Å². The van der Waals surface area contributed by atoms with Gasteiger partial charge in [0, 0.05) is 24.9 Å². The van der Waals surface area contributed by atoms with Gasteiger partial charge >= 0.3 is 6.18 Å². The molecule has 11 nitrogen and oxygen atoms in total. The van der Waals surface area contributed by atoms with E-state index in [1.165, 1.54) is 18.3 Å². The number of alkyl halides is 3. The molecule has 0 fully saturated rings. The van der Waals surface area contributed by atoms with Gasteiger partial charge in [-0.1, -0.05) is 36.4 Å². The molecule has 9 N–H and O–H groups in total. The lowest BCUT2D eigenvalue weighted by atomic mass is 10.0. The number of aromatic nitrogens is 1. The second kappa shape index (κ2) is 17.0. The van der Waals surface area contributed by atoms with Crippen molar-refractivity contribution in [1.29, 1.82) is 0 Å². The van der Waals surface area contributed by atoms with Gasteiger partial charge in [-0.2, -0.15) is 13.2 Å². The van der Waals surface area contributed by atoms with E-state index in [2.05, 4.69) is 20.9 Å². The normalized spacial score (nSPS) is 13.2. The van der Waals surface area contributed by atoms with Crippen molar-refractivity contribution in [2.45, 2.75) is 43.9 Å². The molecule has 1 heterocycles. The summed E-state index contributed by atoms with van der Waals surface area (Å²) in [6.07, 6.45) is -2.97. The largest absolute Gasteiger partial charge is 0.416 e. The molecule has 2 atom stereocenters. The van der Waals surface area contributed by atoms with Gasteiger partial charge in [-0.3, -0.25) is 19.4 Å². The maximum atomic E-state index is 13.4. The molecular formula is C32H44F3N8O3+. The summed E-state index contributed by atoms with van der Waals surface area (Å²) < 4.78 is 40.3. The van der Waals surface area contributed by atoms with Crippen LogP contribution in [0.25, 0.3) is 10.9 Å². The Bertz CT molecular complexity index is 1460. The van der Waals surface area contributed by atoms with E-state index in [-0.39, 0.29) is 31.6 Å². The van der Waals surface area contributed by atoms with Crippen LogP contribution in [0.5, 0.6) is 0 Å². The number of fused-ring (bicyclic) bond motifs is 1. The van der Waals surface area contributed by atoms with Gasteiger partial charge in [-0.05, 0) is 43.0 Å². The number of nitrogens with one attached hydrogen (secondary N) is 3. The van der Waals surface area contributed by atoms with Gasteiger partial charge in [-0.25, -0.2) is 0 Å². The minimum absolute atomic E-state index is 0.00425. The molecule has 0 radical (unpaired) electrons. The summed E-state index contributed by atoms with van der Waals surface area (Å²) in [4.78, 5) is 43.2. The summed E-state index contributed by atoms with van der Waals surface area (Å²) in [5.74, 6) is -1.53. The Morgan fingerprint density at radius 3 is 2.35 bits per heavy atom. The first kappa shape index (κ1) is 36.4. The van der Waals surface area contributed by atoms with Crippen molar-refractivity contribution in [1.82, 2.24) is 15.6 Å². The van der Waals surface area contributed by atoms with E-state index in [1.54, 1.807) is 6.07 Å². The number of benzene rings is 2. The lowest BCUT2D eigenvalue weighted by Crippen LogP contribution is -2.53. The van der Waals surface area contributed by atoms with Crippen LogP contribution in [0, 0.1) is 0 Å². The lowest BCUT2D eigenvalue weighted by molar-refractivity contribution is -0.905. The summed E-state index contributed by atoms with van der Waals surface area (Å²) in [5, 5.41) is 8.98. The lowest BCUT2D eigenvalue weighted by Gasteiger charge is -2.33. The van der Waals surface area contributed by atoms with E-state index in [0.717, 1.165) is 36.1 Å². The van der Waals surface area contributed by atoms with Gasteiger partial charge in [0.15, 0.2) is 0 Å². The van der Waals surface area contributed by atoms with Crippen LogP contribution in [0.1, 0.15) is 30.4 Å². The molecule has 3 aromatic rings. The predicted octanol–water partition coefficient (Wildman–Crippen LogP) is 1.90. The number of rotatable bonds is 17. The minimum Gasteiger partial charge on any atom is -0.350 e. The Labute approximate surface area is 266 Å². The van der Waals surface area contributed by atoms with Crippen molar-refractivity contribution in [3.63, 3.8) is 0 Å². The highest BCUT2D eigenvalue weighted by Gasteiger charge is 2.31. The number of anilines is 1. The fourth-order valence-electron chi connectivity index (χ4n) is 5.06. The molecule has 0 aliphatic carbocycles. The van der Waals surface area contributed by atoms with Gasteiger partial charge < -0.3 is 37.6 Å². The third-order valence-corrected chi connectivity index (χ3v) is 7.80. The number of carbonyl (C=O) groups excluding carboxylic acids is 3. The number of nitrogens with two attached hydrogens (primary N) is 3. The topological polar surface area (TPSA) is 178 Å². The highest BCUT2D eigenvalue weighted by Crippen LogP contribution is 2.30. The molecule has 0 saturated carbocycles. The second-order valence-electron chi connectivity index (χ2n) is 11.6. The van der Waals surface area contributed by atoms with Crippen LogP contribution in [0.15, 0.2) is 60.8 Å². The Morgan fingerprint density at radius 1 is 0.935 bits per heavy atom. The standard InChI is InChI=1S/C32H43F3N8O3/c1-43(16-13-36,17-14-37)18-15-39-29(44)12-10-26(38)30(45)42-28(11-9-22-5-4-7-24(19-22)32(33,34)35)31(46)41-25-20-23-6-2-3-8-27(23)40-21-25/h2-8,19-21,26,28H,9-18,36-38H2,1H3,(H2-,39,41,42,44,45,46)/p+1/t26-,28-/m0/s1. The Morgan fingerprint density at radius 2 is 1.65 bits per heavy atom. The molecule has 0 spiro atoms. The zero-order valence-corrected chi connectivity index (χ0v) is 26.0. The second-order valence-corrected chi connectivity index (χ2v) is 11.6. The number of likely N-dealkylation sites (N-methyl/N-ethyl adjacent to an activating group) is 1. The van der Waals surface area contributed by atoms with Crippen LogP contribution in [-0.2, 0) is 27.0 Å². The van der Waals surface area contributed by atoms with Gasteiger partial charge in [0.05, 0.1) is 62.2 Å². The highest BCUT2D eigenvalue weighted by atomic mass is 19.4. The third-order valence-electron chi connectivity index (χ3n) is 7.80. The summed E-state index contributed by atoms with van der Waals surface area (Å²) in [6, 6.07) is 11.6. The Hall–Kier alpha value is -4.11. The van der Waals surface area contributed by atoms with Gasteiger partial charge in [-0.15, -0.1) is 0 Å². The molecule has 14 heteroatoms. The van der Waals surface area contributed by atoms with E-state index >= 15 is 0 Å². The van der Waals surface area contributed by atoms with Crippen molar-refractivity contribution < 1.29 is 32.0 Å². The highest BCUT2D eigenvalue weighted by molar-refractivity contribution is 5.99. The van der Waals surface area contributed by atoms with Crippen molar-refractivity contribution in [2.24, 2.45) is 17.2 Å². The number of pyridine rings is 1. The fraction of sp³-hybridized carbons (Fsp3) is 0.438. The number of amides is 3. The van der Waals surface area contributed by atoms with Crippen LogP contribution < -0.4 is 33.2 Å². The molecule has 0 unspecified atom stereocenters. The minimum atomic E-state index is -4.52. The smallest absolute Gasteiger partial charge is 0.350 e. The Kier molecular flexibility index (Phi) is 13.4.